The lowest BCUT2D eigenvalue weighted by atomic mass is 9.99. The first-order valence-corrected chi connectivity index (χ1v) is 32.7. The van der Waals surface area contributed by atoms with Crippen LogP contribution in [0.3, 0.4) is 0 Å². The average Bonchev–Trinajstić information content (AvgIpc) is 3.49. The van der Waals surface area contributed by atoms with Gasteiger partial charge in [0.1, 0.15) is 24.4 Å². The molecule has 1 aliphatic heterocycles. The van der Waals surface area contributed by atoms with Gasteiger partial charge in [0.25, 0.3) is 0 Å². The van der Waals surface area contributed by atoms with E-state index in [9.17, 15) is 35.1 Å². The Bertz CT molecular complexity index is 1560. The summed E-state index contributed by atoms with van der Waals surface area (Å²) >= 11 is 0. The fraction of sp³-hybridized carbons (Fsp3) is 0.794. The van der Waals surface area contributed by atoms with E-state index in [2.05, 4.69) is 86.8 Å². The van der Waals surface area contributed by atoms with Gasteiger partial charge < -0.3 is 45.1 Å². The number of hydrogen-bond acceptors (Lipinski definition) is 10. The van der Waals surface area contributed by atoms with Crippen LogP contribution in [0.5, 0.6) is 0 Å². The van der Waals surface area contributed by atoms with Crippen LogP contribution in [-0.4, -0.2) is 99.6 Å². The van der Waals surface area contributed by atoms with Gasteiger partial charge in [0.05, 0.1) is 25.4 Å². The van der Waals surface area contributed by atoms with Crippen molar-refractivity contribution in [3.05, 3.63) is 72.9 Å². The highest BCUT2D eigenvalue weighted by Gasteiger charge is 2.47. The molecule has 1 amide bonds. The van der Waals surface area contributed by atoms with Crippen LogP contribution in [0, 0.1) is 0 Å². The third-order valence-corrected chi connectivity index (χ3v) is 15.1. The number of aliphatic hydroxyl groups excluding tert-OH is 5. The van der Waals surface area contributed by atoms with E-state index < -0.39 is 67.4 Å². The molecule has 0 aliphatic carbocycles. The van der Waals surface area contributed by atoms with Crippen LogP contribution in [0.4, 0.5) is 0 Å². The van der Waals surface area contributed by atoms with Gasteiger partial charge in [-0.15, -0.1) is 0 Å². The monoisotopic (exact) mass is 1110 g/mol. The molecule has 0 aromatic rings. The molecule has 0 radical (unpaired) electrons. The molecule has 11 nitrogen and oxygen atoms in total. The number of unbranched alkanes of at least 4 members (excludes halogenated alkanes) is 31. The Hall–Kier alpha value is -2.90. The van der Waals surface area contributed by atoms with Crippen molar-refractivity contribution in [1.82, 2.24) is 5.32 Å². The fourth-order valence-corrected chi connectivity index (χ4v) is 9.86. The lowest BCUT2D eigenvalue weighted by molar-refractivity contribution is -0.305. The molecule has 0 spiro atoms. The molecule has 11 heteroatoms. The number of nitrogens with one attached hydrogen (secondary N) is 1. The number of esters is 1. The minimum Gasteiger partial charge on any atom is -0.454 e. The Morgan fingerprint density at radius 1 is 0.494 bits per heavy atom. The smallest absolute Gasteiger partial charge is 0.306 e. The first-order chi connectivity index (χ1) is 38.7. The second kappa shape index (κ2) is 55.6. The van der Waals surface area contributed by atoms with Crippen molar-refractivity contribution >= 4 is 11.9 Å². The number of ether oxygens (including phenoxy) is 3. The van der Waals surface area contributed by atoms with Crippen LogP contribution < -0.4 is 5.32 Å². The molecule has 6 N–H and O–H groups in total. The predicted molar refractivity (Wildman–Crippen MR) is 329 cm³/mol. The second-order valence-corrected chi connectivity index (χ2v) is 22.5. The number of allylic oxidation sites excluding steroid dienone is 11. The number of carbonyl (C=O) groups is 2. The zero-order valence-corrected chi connectivity index (χ0v) is 50.7. The van der Waals surface area contributed by atoms with Gasteiger partial charge >= 0.3 is 5.97 Å². The van der Waals surface area contributed by atoms with Gasteiger partial charge in [-0.05, 0) is 96.3 Å². The molecule has 1 fully saturated rings. The molecule has 1 saturated heterocycles. The summed E-state index contributed by atoms with van der Waals surface area (Å²) < 4.78 is 17.6. The molecule has 0 aromatic carbocycles. The Balaban J connectivity index is 2.68. The SMILES string of the molecule is CCCCC/C=C\C/C=C\C/C=C\CCCCCCCCC(=O)OC1C(OCC(NC(=O)C(O)CCCCCCCCCC/C=C\C/C=C\CCCCC)C(O)/C=C/CCCCCCCCCCCCC)OC(CO)C(O)C1O. The molecule has 8 atom stereocenters. The molecular formula is C68H121NO10. The summed E-state index contributed by atoms with van der Waals surface area (Å²) in [7, 11) is 0. The minimum absolute atomic E-state index is 0.107. The van der Waals surface area contributed by atoms with E-state index in [1.807, 2.05) is 6.08 Å². The van der Waals surface area contributed by atoms with Gasteiger partial charge in [0, 0.05) is 6.42 Å². The molecule has 0 bridgehead atoms. The third kappa shape index (κ3) is 43.5. The summed E-state index contributed by atoms with van der Waals surface area (Å²) in [6.07, 6.45) is 60.7. The largest absolute Gasteiger partial charge is 0.454 e. The summed E-state index contributed by atoms with van der Waals surface area (Å²) in [4.78, 5) is 26.6. The van der Waals surface area contributed by atoms with Crippen molar-refractivity contribution in [2.75, 3.05) is 13.2 Å². The number of amides is 1. The first-order valence-electron chi connectivity index (χ1n) is 32.7. The van der Waals surface area contributed by atoms with Crippen LogP contribution in [0.2, 0.25) is 0 Å². The van der Waals surface area contributed by atoms with Gasteiger partial charge in [0.15, 0.2) is 12.4 Å². The Kier molecular flexibility index (Phi) is 52.2. The third-order valence-electron chi connectivity index (χ3n) is 15.1. The van der Waals surface area contributed by atoms with Crippen molar-refractivity contribution in [3.63, 3.8) is 0 Å². The van der Waals surface area contributed by atoms with Gasteiger partial charge in [-0.2, -0.15) is 0 Å². The molecule has 0 aromatic heterocycles. The first kappa shape index (κ1) is 74.1. The van der Waals surface area contributed by atoms with Crippen molar-refractivity contribution in [3.8, 4) is 0 Å². The second-order valence-electron chi connectivity index (χ2n) is 22.5. The van der Waals surface area contributed by atoms with Crippen molar-refractivity contribution in [2.24, 2.45) is 0 Å². The molecule has 8 unspecified atom stereocenters. The number of aliphatic hydroxyl groups is 5. The number of hydrogen-bond donors (Lipinski definition) is 6. The van der Waals surface area contributed by atoms with Crippen molar-refractivity contribution in [2.45, 2.75) is 333 Å². The Morgan fingerprint density at radius 2 is 0.873 bits per heavy atom. The standard InChI is InChI=1S/C68H121NO10/c1-4-7-10-13-16-19-22-25-27-29-31-33-35-38-41-44-47-50-53-56-63(73)79-66-65(75)64(74)62(57-70)78-68(66)77-58-59(60(71)54-51-48-45-42-39-36-24-21-18-15-12-9-6-3)69-67(76)61(72)55-52-49-46-43-40-37-34-32-30-28-26-23-20-17-14-11-8-5-2/h16-17,19-20,25-28,31,33,51,54,59-62,64-66,68,70-72,74-75H,4-15,18,21-24,29-30,32,34-50,52-53,55-58H2,1-3H3,(H,69,76)/b19-16-,20-17-,27-25-,28-26-,33-31-,54-51+. The minimum atomic E-state index is -1.62. The summed E-state index contributed by atoms with van der Waals surface area (Å²) in [5.74, 6) is -1.21. The normalized spacial score (nSPS) is 19.3. The quantitative estimate of drug-likeness (QED) is 0.0195. The lowest BCUT2D eigenvalue weighted by Gasteiger charge is -2.41. The van der Waals surface area contributed by atoms with Crippen LogP contribution in [0.15, 0.2) is 72.9 Å². The lowest BCUT2D eigenvalue weighted by Crippen LogP contribution is -2.61. The molecule has 1 aliphatic rings. The van der Waals surface area contributed by atoms with Crippen LogP contribution >= 0.6 is 0 Å². The fourth-order valence-electron chi connectivity index (χ4n) is 9.86. The van der Waals surface area contributed by atoms with Gasteiger partial charge in [-0.3, -0.25) is 9.59 Å². The molecule has 458 valence electrons. The predicted octanol–water partition coefficient (Wildman–Crippen LogP) is 16.0. The molecule has 79 heavy (non-hydrogen) atoms. The van der Waals surface area contributed by atoms with Gasteiger partial charge in [-0.1, -0.05) is 254 Å². The summed E-state index contributed by atoms with van der Waals surface area (Å²) in [5.41, 5.74) is 0. The number of carbonyl (C=O) groups excluding carboxylic acids is 2. The Labute approximate surface area is 483 Å². The topological polar surface area (TPSA) is 175 Å². The van der Waals surface area contributed by atoms with Crippen molar-refractivity contribution < 1.29 is 49.3 Å². The zero-order valence-electron chi connectivity index (χ0n) is 50.7. The maximum absolute atomic E-state index is 13.4. The van der Waals surface area contributed by atoms with E-state index in [0.717, 1.165) is 103 Å². The highest BCUT2D eigenvalue weighted by atomic mass is 16.7. The van der Waals surface area contributed by atoms with Crippen LogP contribution in [-0.2, 0) is 23.8 Å². The molecular weight excluding hydrogens is 991 g/mol. The van der Waals surface area contributed by atoms with E-state index in [-0.39, 0.29) is 19.4 Å². The molecule has 1 heterocycles. The Morgan fingerprint density at radius 3 is 1.33 bits per heavy atom. The maximum atomic E-state index is 13.4. The molecule has 0 saturated carbocycles. The van der Waals surface area contributed by atoms with E-state index >= 15 is 0 Å². The maximum Gasteiger partial charge on any atom is 0.306 e. The van der Waals surface area contributed by atoms with E-state index in [4.69, 9.17) is 14.2 Å². The van der Waals surface area contributed by atoms with Gasteiger partial charge in [-0.25, -0.2) is 0 Å². The average molecular weight is 1110 g/mol. The highest BCUT2D eigenvalue weighted by molar-refractivity contribution is 5.80. The summed E-state index contributed by atoms with van der Waals surface area (Å²) in [6.45, 7) is 5.74. The molecule has 1 rings (SSSR count). The van der Waals surface area contributed by atoms with E-state index in [0.29, 0.717) is 12.8 Å². The van der Waals surface area contributed by atoms with E-state index in [1.165, 1.54) is 135 Å². The zero-order chi connectivity index (χ0) is 57.5. The van der Waals surface area contributed by atoms with Gasteiger partial charge in [0.2, 0.25) is 5.91 Å². The number of rotatable bonds is 55. The summed E-state index contributed by atoms with van der Waals surface area (Å²) in [5, 5.41) is 57.1. The van der Waals surface area contributed by atoms with Crippen molar-refractivity contribution in [1.29, 1.82) is 0 Å². The van der Waals surface area contributed by atoms with E-state index in [1.54, 1.807) is 6.08 Å². The van der Waals surface area contributed by atoms with Crippen LogP contribution in [0.1, 0.15) is 284 Å². The summed E-state index contributed by atoms with van der Waals surface area (Å²) in [6, 6.07) is -1.03. The highest BCUT2D eigenvalue weighted by Crippen LogP contribution is 2.26. The van der Waals surface area contributed by atoms with Crippen LogP contribution in [0.25, 0.3) is 0 Å².